The molecule has 1 aromatic carbocycles. The van der Waals surface area contributed by atoms with Gasteiger partial charge in [0.1, 0.15) is 0 Å². The Labute approximate surface area is 115 Å². The van der Waals surface area contributed by atoms with Gasteiger partial charge < -0.3 is 0 Å². The SMILES string of the molecule is Cn1nnnc1-c1[c-]cccc1C(C)(C)C.[Ir]. The largest absolute Gasteiger partial charge is 0.268 e. The molecule has 0 aliphatic carbocycles. The van der Waals surface area contributed by atoms with Gasteiger partial charge in [-0.3, -0.25) is 4.68 Å². The maximum absolute atomic E-state index is 4.03. The normalized spacial score (nSPS) is 11.1. The average Bonchev–Trinajstić information content (AvgIpc) is 2.63. The van der Waals surface area contributed by atoms with Crippen molar-refractivity contribution in [3.8, 4) is 11.4 Å². The Kier molecular flexibility index (Phi) is 4.17. The van der Waals surface area contributed by atoms with Crippen molar-refractivity contribution in [2.75, 3.05) is 0 Å². The van der Waals surface area contributed by atoms with Crippen LogP contribution in [0, 0.1) is 6.07 Å². The first-order valence-corrected chi connectivity index (χ1v) is 5.24. The molecule has 17 heavy (non-hydrogen) atoms. The fourth-order valence-corrected chi connectivity index (χ4v) is 1.69. The molecule has 0 unspecified atom stereocenters. The molecule has 0 bridgehead atoms. The summed E-state index contributed by atoms with van der Waals surface area (Å²) in [5.74, 6) is 0.755. The summed E-state index contributed by atoms with van der Waals surface area (Å²) in [6.45, 7) is 6.51. The molecular formula is C12H15IrN4-. The minimum Gasteiger partial charge on any atom is -0.268 e. The van der Waals surface area contributed by atoms with Gasteiger partial charge in [-0.15, -0.1) is 35.4 Å². The van der Waals surface area contributed by atoms with Crippen LogP contribution in [0.15, 0.2) is 18.2 Å². The summed E-state index contributed by atoms with van der Waals surface area (Å²) >= 11 is 0. The van der Waals surface area contributed by atoms with Gasteiger partial charge in [0, 0.05) is 27.2 Å². The first-order chi connectivity index (χ1) is 7.50. The molecule has 5 heteroatoms. The van der Waals surface area contributed by atoms with E-state index in [0.717, 1.165) is 11.4 Å². The molecule has 1 heterocycles. The van der Waals surface area contributed by atoms with Crippen LogP contribution in [0.2, 0.25) is 0 Å². The van der Waals surface area contributed by atoms with Crippen molar-refractivity contribution in [3.63, 3.8) is 0 Å². The van der Waals surface area contributed by atoms with Gasteiger partial charge in [0.2, 0.25) is 0 Å². The minimum absolute atomic E-state index is 0. The average molecular weight is 407 g/mol. The van der Waals surface area contributed by atoms with Crippen LogP contribution < -0.4 is 0 Å². The zero-order valence-corrected chi connectivity index (χ0v) is 12.7. The third-order valence-corrected chi connectivity index (χ3v) is 2.51. The molecule has 2 rings (SSSR count). The number of tetrazole rings is 1. The Bertz CT molecular complexity index is 499. The molecule has 0 aliphatic rings. The molecule has 1 radical (unpaired) electrons. The van der Waals surface area contributed by atoms with Crippen LogP contribution in [0.25, 0.3) is 11.4 Å². The maximum Gasteiger partial charge on any atom is 0.0983 e. The number of rotatable bonds is 1. The number of aromatic nitrogens is 4. The fraction of sp³-hybridized carbons (Fsp3) is 0.417. The van der Waals surface area contributed by atoms with Crippen molar-refractivity contribution in [2.24, 2.45) is 7.05 Å². The summed E-state index contributed by atoms with van der Waals surface area (Å²) in [4.78, 5) is 0. The number of aryl methyl sites for hydroxylation is 1. The van der Waals surface area contributed by atoms with E-state index >= 15 is 0 Å². The van der Waals surface area contributed by atoms with Gasteiger partial charge in [0.05, 0.1) is 5.82 Å². The van der Waals surface area contributed by atoms with Gasteiger partial charge >= 0.3 is 0 Å². The number of nitrogens with zero attached hydrogens (tertiary/aromatic N) is 4. The molecule has 4 nitrogen and oxygen atoms in total. The number of hydrogen-bond acceptors (Lipinski definition) is 3. The third kappa shape index (κ3) is 2.79. The van der Waals surface area contributed by atoms with E-state index in [9.17, 15) is 0 Å². The second kappa shape index (κ2) is 5.07. The zero-order valence-electron chi connectivity index (χ0n) is 10.4. The van der Waals surface area contributed by atoms with Crippen molar-refractivity contribution >= 4 is 0 Å². The maximum atomic E-state index is 4.03. The van der Waals surface area contributed by atoms with Crippen LogP contribution in [0.4, 0.5) is 0 Å². The van der Waals surface area contributed by atoms with E-state index < -0.39 is 0 Å². The molecule has 2 aromatic rings. The quantitative estimate of drug-likeness (QED) is 0.679. The Balaban J connectivity index is 0.00000144. The third-order valence-electron chi connectivity index (χ3n) is 2.51. The van der Waals surface area contributed by atoms with Crippen LogP contribution in [0.3, 0.4) is 0 Å². The molecule has 0 saturated carbocycles. The van der Waals surface area contributed by atoms with E-state index in [-0.39, 0.29) is 25.5 Å². The first-order valence-electron chi connectivity index (χ1n) is 5.24. The van der Waals surface area contributed by atoms with Crippen molar-refractivity contribution in [2.45, 2.75) is 26.2 Å². The summed E-state index contributed by atoms with van der Waals surface area (Å²) < 4.78 is 1.67. The monoisotopic (exact) mass is 408 g/mol. The molecular weight excluding hydrogens is 392 g/mol. The van der Waals surface area contributed by atoms with E-state index in [1.54, 1.807) is 4.68 Å². The van der Waals surface area contributed by atoms with Gasteiger partial charge in [-0.05, 0) is 10.6 Å². The predicted molar refractivity (Wildman–Crippen MR) is 61.8 cm³/mol. The Morgan fingerprint density at radius 1 is 1.29 bits per heavy atom. The number of hydrogen-bond donors (Lipinski definition) is 0. The van der Waals surface area contributed by atoms with Crippen LogP contribution in [0.5, 0.6) is 0 Å². The van der Waals surface area contributed by atoms with Crippen LogP contribution in [-0.4, -0.2) is 20.2 Å². The van der Waals surface area contributed by atoms with Crippen molar-refractivity contribution in [1.82, 2.24) is 20.2 Å². The standard InChI is InChI=1S/C12H15N4.Ir/c1-12(2,3)10-8-6-5-7-9(10)11-13-14-15-16(11)4;/h5-6,8H,1-4H3;/q-1;. The Morgan fingerprint density at radius 3 is 2.53 bits per heavy atom. The summed E-state index contributed by atoms with van der Waals surface area (Å²) in [5, 5.41) is 11.5. The van der Waals surface area contributed by atoms with Crippen LogP contribution in [0.1, 0.15) is 26.3 Å². The van der Waals surface area contributed by atoms with Crippen molar-refractivity contribution < 1.29 is 20.1 Å². The molecule has 0 spiro atoms. The molecule has 0 atom stereocenters. The van der Waals surface area contributed by atoms with Gasteiger partial charge in [-0.2, -0.15) is 5.10 Å². The molecule has 0 aliphatic heterocycles. The van der Waals surface area contributed by atoms with E-state index in [1.165, 1.54) is 5.56 Å². The van der Waals surface area contributed by atoms with E-state index in [1.807, 2.05) is 19.2 Å². The number of benzene rings is 1. The Hall–Kier alpha value is -1.06. The molecule has 93 valence electrons. The second-order valence-electron chi connectivity index (χ2n) is 4.83. The second-order valence-corrected chi connectivity index (χ2v) is 4.83. The summed E-state index contributed by atoms with van der Waals surface area (Å²) in [7, 11) is 1.84. The van der Waals surface area contributed by atoms with E-state index in [0.29, 0.717) is 0 Å². The van der Waals surface area contributed by atoms with Crippen LogP contribution >= 0.6 is 0 Å². The molecule has 0 fully saturated rings. The fourth-order valence-electron chi connectivity index (χ4n) is 1.69. The smallest absolute Gasteiger partial charge is 0.0983 e. The van der Waals surface area contributed by atoms with E-state index in [4.69, 9.17) is 0 Å². The van der Waals surface area contributed by atoms with Gasteiger partial charge in [-0.1, -0.05) is 26.0 Å². The molecule has 0 amide bonds. The summed E-state index contributed by atoms with van der Waals surface area (Å²) in [5.41, 5.74) is 2.23. The molecule has 0 saturated heterocycles. The predicted octanol–water partition coefficient (Wildman–Crippen LogP) is 1.97. The molecule has 1 aromatic heterocycles. The van der Waals surface area contributed by atoms with Crippen molar-refractivity contribution in [1.29, 1.82) is 0 Å². The van der Waals surface area contributed by atoms with Gasteiger partial charge in [-0.25, -0.2) is 0 Å². The van der Waals surface area contributed by atoms with Crippen molar-refractivity contribution in [3.05, 3.63) is 29.8 Å². The topological polar surface area (TPSA) is 43.6 Å². The minimum atomic E-state index is 0. The summed E-state index contributed by atoms with van der Waals surface area (Å²) in [6, 6.07) is 9.20. The van der Waals surface area contributed by atoms with Crippen LogP contribution in [-0.2, 0) is 32.6 Å². The van der Waals surface area contributed by atoms with E-state index in [2.05, 4.69) is 48.4 Å². The molecule has 0 N–H and O–H groups in total. The van der Waals surface area contributed by atoms with Gasteiger partial charge in [0.25, 0.3) is 0 Å². The summed E-state index contributed by atoms with van der Waals surface area (Å²) in [6.07, 6.45) is 0. The Morgan fingerprint density at radius 2 is 2.00 bits per heavy atom. The zero-order chi connectivity index (χ0) is 11.8. The first kappa shape index (κ1) is 14.0. The van der Waals surface area contributed by atoms with Gasteiger partial charge in [0.15, 0.2) is 0 Å².